The Balaban J connectivity index is 1.42. The van der Waals surface area contributed by atoms with E-state index in [1.54, 1.807) is 0 Å². The number of amides is 1. The maximum Gasteiger partial charge on any atom is 0.282 e. The van der Waals surface area contributed by atoms with Crippen LogP contribution in [0, 0.1) is 0 Å². The van der Waals surface area contributed by atoms with Crippen molar-refractivity contribution < 1.29 is 4.79 Å². The van der Waals surface area contributed by atoms with Gasteiger partial charge in [0.25, 0.3) is 5.91 Å². The molecule has 0 atom stereocenters. The summed E-state index contributed by atoms with van der Waals surface area (Å²) in [7, 11) is 2.08. The number of carbonyl (C=O) groups excluding carboxylic acids is 1. The number of piperidine rings is 1. The molecular formula is C19H20N4OS. The minimum atomic E-state index is 0.0557. The van der Waals surface area contributed by atoms with Gasteiger partial charge in [0.1, 0.15) is 5.82 Å². The summed E-state index contributed by atoms with van der Waals surface area (Å²) in [4.78, 5) is 25.8. The zero-order valence-electron chi connectivity index (χ0n) is 14.1. The number of likely N-dealkylation sites (tertiary alicyclic amines) is 1. The summed E-state index contributed by atoms with van der Waals surface area (Å²) in [5, 5.41) is 0.595. The molecule has 1 saturated heterocycles. The maximum atomic E-state index is 12.8. The van der Waals surface area contributed by atoms with E-state index in [0.717, 1.165) is 42.0 Å². The zero-order valence-corrected chi connectivity index (χ0v) is 14.9. The number of thiazole rings is 1. The molecule has 1 aromatic carbocycles. The molecule has 5 nitrogen and oxygen atoms in total. The van der Waals surface area contributed by atoms with Gasteiger partial charge in [0.05, 0.1) is 10.2 Å². The molecular weight excluding hydrogens is 332 g/mol. The van der Waals surface area contributed by atoms with Crippen molar-refractivity contribution in [1.29, 1.82) is 0 Å². The van der Waals surface area contributed by atoms with Crippen molar-refractivity contribution in [3.8, 4) is 0 Å². The Hall–Kier alpha value is -2.47. The number of carbonyl (C=O) groups is 1. The van der Waals surface area contributed by atoms with Gasteiger partial charge in [0.2, 0.25) is 0 Å². The molecule has 0 saturated carbocycles. The monoisotopic (exact) mass is 352 g/mol. The van der Waals surface area contributed by atoms with Crippen molar-refractivity contribution in [2.45, 2.75) is 18.9 Å². The van der Waals surface area contributed by atoms with Crippen molar-refractivity contribution in [3.63, 3.8) is 0 Å². The number of aromatic nitrogens is 2. The first kappa shape index (κ1) is 16.0. The summed E-state index contributed by atoms with van der Waals surface area (Å²) in [6.45, 7) is 1.52. The predicted octanol–water partition coefficient (Wildman–Crippen LogP) is 3.43. The molecule has 3 aromatic rings. The van der Waals surface area contributed by atoms with Crippen molar-refractivity contribution in [1.82, 2.24) is 14.9 Å². The fourth-order valence-electron chi connectivity index (χ4n) is 3.30. The van der Waals surface area contributed by atoms with E-state index < -0.39 is 0 Å². The molecule has 0 radical (unpaired) electrons. The topological polar surface area (TPSA) is 49.3 Å². The van der Waals surface area contributed by atoms with Crippen LogP contribution in [0.15, 0.2) is 48.7 Å². The molecule has 0 spiro atoms. The lowest BCUT2D eigenvalue weighted by Gasteiger charge is -2.37. The Kier molecular flexibility index (Phi) is 4.36. The molecule has 25 heavy (non-hydrogen) atoms. The second-order valence-corrected chi connectivity index (χ2v) is 7.34. The van der Waals surface area contributed by atoms with Gasteiger partial charge in [-0.2, -0.15) is 0 Å². The molecule has 0 unspecified atom stereocenters. The summed E-state index contributed by atoms with van der Waals surface area (Å²) >= 11 is 1.48. The number of fused-ring (bicyclic) bond motifs is 1. The summed E-state index contributed by atoms with van der Waals surface area (Å²) in [5.41, 5.74) is 0.903. The van der Waals surface area contributed by atoms with Crippen molar-refractivity contribution in [2.75, 3.05) is 25.0 Å². The second-order valence-electron chi connectivity index (χ2n) is 6.31. The number of para-hydroxylation sites is 1. The van der Waals surface area contributed by atoms with Gasteiger partial charge in [-0.05, 0) is 37.1 Å². The van der Waals surface area contributed by atoms with Crippen LogP contribution in [0.1, 0.15) is 22.6 Å². The average Bonchev–Trinajstić information content (AvgIpc) is 3.12. The van der Waals surface area contributed by atoms with Gasteiger partial charge < -0.3 is 9.80 Å². The van der Waals surface area contributed by atoms with Gasteiger partial charge in [0, 0.05) is 32.4 Å². The number of hydrogen-bond acceptors (Lipinski definition) is 5. The summed E-state index contributed by atoms with van der Waals surface area (Å²) in [5.74, 6) is 1.04. The van der Waals surface area contributed by atoms with Crippen LogP contribution >= 0.6 is 11.3 Å². The molecule has 0 N–H and O–H groups in total. The molecule has 1 aliphatic heterocycles. The Labute approximate surface area is 150 Å². The molecule has 0 bridgehead atoms. The fourth-order valence-corrected chi connectivity index (χ4v) is 4.24. The third kappa shape index (κ3) is 3.22. The molecule has 128 valence electrons. The minimum Gasteiger partial charge on any atom is -0.357 e. The predicted molar refractivity (Wildman–Crippen MR) is 101 cm³/mol. The first-order chi connectivity index (χ1) is 12.2. The molecule has 1 fully saturated rings. The van der Waals surface area contributed by atoms with Gasteiger partial charge in [-0.1, -0.05) is 18.2 Å². The number of benzene rings is 1. The SMILES string of the molecule is CN(c1ccccn1)C1CCN(C(=O)c2nc3ccccc3s2)CC1. The highest BCUT2D eigenvalue weighted by Crippen LogP contribution is 2.25. The third-order valence-corrected chi connectivity index (χ3v) is 5.81. The number of hydrogen-bond donors (Lipinski definition) is 0. The highest BCUT2D eigenvalue weighted by atomic mass is 32.1. The number of nitrogens with zero attached hydrogens (tertiary/aromatic N) is 4. The highest BCUT2D eigenvalue weighted by molar-refractivity contribution is 7.20. The van der Waals surface area contributed by atoms with E-state index >= 15 is 0 Å². The normalized spacial score (nSPS) is 15.5. The lowest BCUT2D eigenvalue weighted by molar-refractivity contribution is 0.0713. The van der Waals surface area contributed by atoms with Crippen LogP contribution in [0.5, 0.6) is 0 Å². The maximum absolute atomic E-state index is 12.8. The summed E-state index contributed by atoms with van der Waals surface area (Å²) < 4.78 is 1.07. The minimum absolute atomic E-state index is 0.0557. The molecule has 2 aromatic heterocycles. The van der Waals surface area contributed by atoms with Crippen molar-refractivity contribution >= 4 is 33.3 Å². The van der Waals surface area contributed by atoms with E-state index in [1.165, 1.54) is 11.3 Å². The lowest BCUT2D eigenvalue weighted by Crippen LogP contribution is -2.45. The average molecular weight is 352 g/mol. The molecule has 6 heteroatoms. The van der Waals surface area contributed by atoms with Crippen LogP contribution in [-0.2, 0) is 0 Å². The number of anilines is 1. The van der Waals surface area contributed by atoms with E-state index in [1.807, 2.05) is 53.6 Å². The van der Waals surface area contributed by atoms with Gasteiger partial charge in [-0.15, -0.1) is 11.3 Å². The first-order valence-corrected chi connectivity index (χ1v) is 9.33. The van der Waals surface area contributed by atoms with Gasteiger partial charge in [0.15, 0.2) is 5.01 Å². The van der Waals surface area contributed by atoms with E-state index in [-0.39, 0.29) is 5.91 Å². The molecule has 4 rings (SSSR count). The van der Waals surface area contributed by atoms with E-state index in [4.69, 9.17) is 0 Å². The second kappa shape index (κ2) is 6.80. The van der Waals surface area contributed by atoms with Gasteiger partial charge >= 0.3 is 0 Å². The van der Waals surface area contributed by atoms with Gasteiger partial charge in [-0.25, -0.2) is 9.97 Å². The van der Waals surface area contributed by atoms with Crippen LogP contribution in [0.25, 0.3) is 10.2 Å². The van der Waals surface area contributed by atoms with Gasteiger partial charge in [-0.3, -0.25) is 4.79 Å². The zero-order chi connectivity index (χ0) is 17.2. The Morgan fingerprint density at radius 3 is 2.64 bits per heavy atom. The molecule has 3 heterocycles. The van der Waals surface area contributed by atoms with Crippen LogP contribution in [0.3, 0.4) is 0 Å². The quantitative estimate of drug-likeness (QED) is 0.725. The number of pyridine rings is 1. The van der Waals surface area contributed by atoms with E-state index in [2.05, 4.69) is 21.9 Å². The van der Waals surface area contributed by atoms with E-state index in [0.29, 0.717) is 11.0 Å². The summed E-state index contributed by atoms with van der Waals surface area (Å²) in [6.07, 6.45) is 3.71. The Morgan fingerprint density at radius 2 is 1.92 bits per heavy atom. The first-order valence-electron chi connectivity index (χ1n) is 8.51. The van der Waals surface area contributed by atoms with Crippen LogP contribution < -0.4 is 4.90 Å². The van der Waals surface area contributed by atoms with Crippen LogP contribution in [-0.4, -0.2) is 47.0 Å². The smallest absolute Gasteiger partial charge is 0.282 e. The Bertz CT molecular complexity index is 838. The van der Waals surface area contributed by atoms with Crippen molar-refractivity contribution in [3.05, 3.63) is 53.7 Å². The lowest BCUT2D eigenvalue weighted by atomic mass is 10.0. The fraction of sp³-hybridized carbons (Fsp3) is 0.316. The standard InChI is InChI=1S/C19H20N4OS/c1-22(17-8-4-5-11-20-17)14-9-12-23(13-10-14)19(24)18-21-15-6-2-3-7-16(15)25-18/h2-8,11,14H,9-10,12-13H2,1H3. The van der Waals surface area contributed by atoms with Crippen LogP contribution in [0.2, 0.25) is 0 Å². The highest BCUT2D eigenvalue weighted by Gasteiger charge is 2.27. The van der Waals surface area contributed by atoms with E-state index in [9.17, 15) is 4.79 Å². The third-order valence-electron chi connectivity index (χ3n) is 4.79. The van der Waals surface area contributed by atoms with Crippen molar-refractivity contribution in [2.24, 2.45) is 0 Å². The molecule has 1 aliphatic rings. The van der Waals surface area contributed by atoms with Crippen LogP contribution in [0.4, 0.5) is 5.82 Å². The Morgan fingerprint density at radius 1 is 1.16 bits per heavy atom. The number of rotatable bonds is 3. The molecule has 0 aliphatic carbocycles. The molecule has 1 amide bonds. The largest absolute Gasteiger partial charge is 0.357 e. The summed E-state index contributed by atoms with van der Waals surface area (Å²) in [6, 6.07) is 14.3.